The van der Waals surface area contributed by atoms with Gasteiger partial charge in [-0.3, -0.25) is 0 Å². The van der Waals surface area contributed by atoms with Crippen LogP contribution < -0.4 is 5.73 Å². The fraction of sp³-hybridized carbons (Fsp3) is 0.500. The van der Waals surface area contributed by atoms with E-state index in [1.54, 1.807) is 0 Å². The molecule has 0 aliphatic heterocycles. The van der Waals surface area contributed by atoms with Gasteiger partial charge in [-0.2, -0.15) is 0 Å². The van der Waals surface area contributed by atoms with Gasteiger partial charge in [-0.25, -0.2) is 0 Å². The molecule has 2 N–H and O–H groups in total. The summed E-state index contributed by atoms with van der Waals surface area (Å²) in [6.45, 7) is 13.1. The minimum atomic E-state index is 0.167. The van der Waals surface area contributed by atoms with Crippen LogP contribution >= 0.6 is 0 Å². The van der Waals surface area contributed by atoms with Crippen molar-refractivity contribution in [1.29, 1.82) is 0 Å². The number of carbonyl (C=O) groups excluding carboxylic acids is 1. The Morgan fingerprint density at radius 1 is 0.938 bits per heavy atom. The Labute approximate surface area is 101 Å². The molecule has 0 aliphatic rings. The molecule has 0 aliphatic carbocycles. The Morgan fingerprint density at radius 3 is 1.38 bits per heavy atom. The lowest BCUT2D eigenvalue weighted by Gasteiger charge is -1.90. The summed E-state index contributed by atoms with van der Waals surface area (Å²) in [7, 11) is 0. The maximum Gasteiger partial charge on any atom is 0.126 e. The van der Waals surface area contributed by atoms with E-state index in [0.717, 1.165) is 5.69 Å². The van der Waals surface area contributed by atoms with Gasteiger partial charge in [-0.15, -0.1) is 0 Å². The van der Waals surface area contributed by atoms with Crippen molar-refractivity contribution in [3.8, 4) is 0 Å². The second-order valence-corrected chi connectivity index (χ2v) is 2.82. The van der Waals surface area contributed by atoms with E-state index in [-0.39, 0.29) is 5.78 Å². The van der Waals surface area contributed by atoms with Crippen LogP contribution in [0.3, 0.4) is 0 Å². The number of rotatable bonds is 0. The third-order valence-electron chi connectivity index (χ3n) is 1.08. The van der Waals surface area contributed by atoms with Crippen molar-refractivity contribution in [2.45, 2.75) is 48.5 Å². The fourth-order valence-corrected chi connectivity index (χ4v) is 0.566. The first-order chi connectivity index (χ1) is 7.52. The summed E-state index contributed by atoms with van der Waals surface area (Å²) >= 11 is 0. The van der Waals surface area contributed by atoms with Gasteiger partial charge in [0, 0.05) is 5.69 Å². The van der Waals surface area contributed by atoms with Crippen molar-refractivity contribution in [2.75, 3.05) is 5.73 Å². The molecule has 0 atom stereocenters. The van der Waals surface area contributed by atoms with E-state index in [4.69, 9.17) is 5.73 Å². The molecule has 2 heteroatoms. The largest absolute Gasteiger partial charge is 0.399 e. The minimum Gasteiger partial charge on any atom is -0.399 e. The van der Waals surface area contributed by atoms with Gasteiger partial charge in [-0.05, 0) is 32.9 Å². The molecule has 94 valence electrons. The quantitative estimate of drug-likeness (QED) is 0.672. The maximum absolute atomic E-state index is 9.44. The zero-order chi connectivity index (χ0) is 13.6. The van der Waals surface area contributed by atoms with E-state index in [1.165, 1.54) is 19.4 Å². The van der Waals surface area contributed by atoms with E-state index >= 15 is 0 Å². The third kappa shape index (κ3) is 23.0. The molecule has 1 aromatic carbocycles. The van der Waals surface area contributed by atoms with Crippen LogP contribution in [0, 0.1) is 6.92 Å². The Morgan fingerprint density at radius 2 is 1.19 bits per heavy atom. The summed E-state index contributed by atoms with van der Waals surface area (Å²) in [6, 6.07) is 7.79. The molecule has 0 fully saturated rings. The van der Waals surface area contributed by atoms with Gasteiger partial charge < -0.3 is 10.5 Å². The molecule has 0 amide bonds. The molecule has 0 spiro atoms. The first-order valence-corrected chi connectivity index (χ1v) is 5.81. The Hall–Kier alpha value is -1.31. The molecule has 2 nitrogen and oxygen atoms in total. The molecule has 0 heterocycles. The normalized spacial score (nSPS) is 6.94. The maximum atomic E-state index is 9.44. The number of benzene rings is 1. The van der Waals surface area contributed by atoms with Crippen LogP contribution in [0.2, 0.25) is 0 Å². The van der Waals surface area contributed by atoms with Gasteiger partial charge in [0.25, 0.3) is 0 Å². The second-order valence-electron chi connectivity index (χ2n) is 2.82. The number of aryl methyl sites for hydroxylation is 1. The molecule has 0 bridgehead atoms. The summed E-state index contributed by atoms with van der Waals surface area (Å²) in [6.07, 6.45) is 0. The number of hydrogen-bond donors (Lipinski definition) is 1. The first-order valence-electron chi connectivity index (χ1n) is 5.81. The van der Waals surface area contributed by atoms with Crippen LogP contribution in [0.5, 0.6) is 0 Å². The summed E-state index contributed by atoms with van der Waals surface area (Å²) in [5.41, 5.74) is 7.51. The van der Waals surface area contributed by atoms with Crippen LogP contribution in [0.1, 0.15) is 47.1 Å². The zero-order valence-corrected chi connectivity index (χ0v) is 11.8. The molecule has 0 aromatic heterocycles. The Bertz CT molecular complexity index is 214. The van der Waals surface area contributed by atoms with Crippen molar-refractivity contribution in [3.05, 3.63) is 29.8 Å². The SMILES string of the molecule is CC.CC.CC(C)=O.Cc1ccc(N)cc1. The van der Waals surface area contributed by atoms with E-state index < -0.39 is 0 Å². The van der Waals surface area contributed by atoms with Gasteiger partial charge in [-0.1, -0.05) is 45.4 Å². The highest BCUT2D eigenvalue weighted by Crippen LogP contribution is 2.02. The molecular weight excluding hydrogens is 198 g/mol. The highest BCUT2D eigenvalue weighted by Gasteiger charge is 1.80. The van der Waals surface area contributed by atoms with Crippen molar-refractivity contribution in [1.82, 2.24) is 0 Å². The number of hydrogen-bond acceptors (Lipinski definition) is 2. The molecule has 1 rings (SSSR count). The van der Waals surface area contributed by atoms with E-state index in [9.17, 15) is 4.79 Å². The average molecular weight is 225 g/mol. The van der Waals surface area contributed by atoms with Gasteiger partial charge in [0.05, 0.1) is 0 Å². The van der Waals surface area contributed by atoms with Crippen LogP contribution in [-0.2, 0) is 4.79 Å². The highest BCUT2D eigenvalue weighted by molar-refractivity contribution is 5.72. The second kappa shape index (κ2) is 16.1. The van der Waals surface area contributed by atoms with Crippen molar-refractivity contribution in [3.63, 3.8) is 0 Å². The monoisotopic (exact) mass is 225 g/mol. The van der Waals surface area contributed by atoms with Crippen molar-refractivity contribution >= 4 is 11.5 Å². The molecular formula is C14H27NO. The molecule has 1 aromatic rings. The standard InChI is InChI=1S/C7H9N.C3H6O.2C2H6/c1-6-2-4-7(8)5-3-6;1-3(2)4;2*1-2/h2-5H,8H2,1H3;1-2H3;2*1-2H3. The van der Waals surface area contributed by atoms with Gasteiger partial charge in [0.2, 0.25) is 0 Å². The van der Waals surface area contributed by atoms with E-state index in [0.29, 0.717) is 0 Å². The van der Waals surface area contributed by atoms with Gasteiger partial charge in [0.1, 0.15) is 5.78 Å². The number of nitrogen functional groups attached to an aromatic ring is 1. The Kier molecular flexibility index (Phi) is 20.3. The first kappa shape index (κ1) is 20.1. The number of nitrogens with two attached hydrogens (primary N) is 1. The van der Waals surface area contributed by atoms with Gasteiger partial charge in [0.15, 0.2) is 0 Å². The van der Waals surface area contributed by atoms with Crippen molar-refractivity contribution < 1.29 is 4.79 Å². The topological polar surface area (TPSA) is 43.1 Å². The van der Waals surface area contributed by atoms with E-state index in [2.05, 4.69) is 0 Å². The Balaban J connectivity index is -0.000000181. The van der Waals surface area contributed by atoms with Gasteiger partial charge >= 0.3 is 0 Å². The van der Waals surface area contributed by atoms with Crippen molar-refractivity contribution in [2.24, 2.45) is 0 Å². The molecule has 0 unspecified atom stereocenters. The predicted molar refractivity (Wildman–Crippen MR) is 74.6 cm³/mol. The number of Topliss-reactive ketones (excluding diaryl/α,β-unsaturated/α-hetero) is 1. The molecule has 0 radical (unpaired) electrons. The van der Waals surface area contributed by atoms with E-state index in [1.807, 2.05) is 58.9 Å². The lowest BCUT2D eigenvalue weighted by atomic mass is 10.2. The van der Waals surface area contributed by atoms with Crippen LogP contribution in [0.25, 0.3) is 0 Å². The minimum absolute atomic E-state index is 0.167. The average Bonchev–Trinajstić information content (AvgIpc) is 2.27. The summed E-state index contributed by atoms with van der Waals surface area (Å²) in [4.78, 5) is 9.44. The molecule has 0 saturated heterocycles. The summed E-state index contributed by atoms with van der Waals surface area (Å²) in [5, 5.41) is 0. The van der Waals surface area contributed by atoms with Crippen LogP contribution in [0.4, 0.5) is 5.69 Å². The lowest BCUT2D eigenvalue weighted by Crippen LogP contribution is -1.81. The van der Waals surface area contributed by atoms with Crippen LogP contribution in [-0.4, -0.2) is 5.78 Å². The number of ketones is 1. The molecule has 0 saturated carbocycles. The van der Waals surface area contributed by atoms with Crippen LogP contribution in [0.15, 0.2) is 24.3 Å². The lowest BCUT2D eigenvalue weighted by molar-refractivity contribution is -0.114. The highest BCUT2D eigenvalue weighted by atomic mass is 16.1. The zero-order valence-electron chi connectivity index (χ0n) is 11.8. The number of anilines is 1. The third-order valence-corrected chi connectivity index (χ3v) is 1.08. The summed E-state index contributed by atoms with van der Waals surface area (Å²) < 4.78 is 0. The smallest absolute Gasteiger partial charge is 0.126 e. The molecule has 16 heavy (non-hydrogen) atoms. The fourth-order valence-electron chi connectivity index (χ4n) is 0.566. The number of carbonyl (C=O) groups is 1. The summed E-state index contributed by atoms with van der Waals surface area (Å²) in [5.74, 6) is 0.167. The predicted octanol–water partition coefficient (Wildman–Crippen LogP) is 4.22.